The van der Waals surface area contributed by atoms with Gasteiger partial charge in [-0.1, -0.05) is 12.1 Å². The molecule has 0 atom stereocenters. The number of fused-ring (bicyclic) bond motifs is 1. The number of benzene rings is 1. The fraction of sp³-hybridized carbons (Fsp3) is 0.167. The van der Waals surface area contributed by atoms with E-state index in [4.69, 9.17) is 9.84 Å². The van der Waals surface area contributed by atoms with Gasteiger partial charge in [0.05, 0.1) is 7.11 Å². The van der Waals surface area contributed by atoms with Crippen LogP contribution in [0.25, 0.3) is 10.9 Å². The number of aromatic nitrogens is 1. The Kier molecular flexibility index (Phi) is 3.18. The standard InChI is InChI=1S/C12H11NO5/c1-17-12(16)10-11(18-6-9(14)15)7-4-2-3-5-8(7)13-10/h2-5,13H,6H2,1H3,(H,14,15). The van der Waals surface area contributed by atoms with Crippen LogP contribution in [0.2, 0.25) is 0 Å². The van der Waals surface area contributed by atoms with E-state index in [9.17, 15) is 9.59 Å². The summed E-state index contributed by atoms with van der Waals surface area (Å²) >= 11 is 0. The molecular formula is C12H11NO5. The normalized spacial score (nSPS) is 10.3. The van der Waals surface area contributed by atoms with Crippen molar-refractivity contribution in [3.63, 3.8) is 0 Å². The van der Waals surface area contributed by atoms with E-state index in [0.717, 1.165) is 0 Å². The third kappa shape index (κ3) is 2.13. The first-order valence-corrected chi connectivity index (χ1v) is 5.17. The third-order valence-corrected chi connectivity index (χ3v) is 2.39. The van der Waals surface area contributed by atoms with Crippen molar-refractivity contribution < 1.29 is 24.2 Å². The monoisotopic (exact) mass is 249 g/mol. The van der Waals surface area contributed by atoms with Gasteiger partial charge in [0.2, 0.25) is 0 Å². The number of para-hydroxylation sites is 1. The number of H-pyrrole nitrogens is 1. The maximum absolute atomic E-state index is 11.6. The summed E-state index contributed by atoms with van der Waals surface area (Å²) in [5.74, 6) is -1.53. The summed E-state index contributed by atoms with van der Waals surface area (Å²) in [5.41, 5.74) is 0.790. The van der Waals surface area contributed by atoms with Crippen molar-refractivity contribution in [2.24, 2.45) is 0 Å². The molecule has 0 aliphatic carbocycles. The van der Waals surface area contributed by atoms with Gasteiger partial charge >= 0.3 is 11.9 Å². The van der Waals surface area contributed by atoms with Gasteiger partial charge in [0.15, 0.2) is 18.1 Å². The van der Waals surface area contributed by atoms with E-state index in [1.54, 1.807) is 24.3 Å². The van der Waals surface area contributed by atoms with E-state index in [1.807, 2.05) is 0 Å². The minimum absolute atomic E-state index is 0.111. The largest absolute Gasteiger partial charge is 0.479 e. The highest BCUT2D eigenvalue weighted by molar-refractivity contribution is 6.01. The Hall–Kier alpha value is -2.50. The highest BCUT2D eigenvalue weighted by atomic mass is 16.5. The number of ether oxygens (including phenoxy) is 2. The van der Waals surface area contributed by atoms with Crippen LogP contribution >= 0.6 is 0 Å². The highest BCUT2D eigenvalue weighted by Gasteiger charge is 2.20. The molecule has 2 aromatic rings. The number of rotatable bonds is 4. The molecule has 0 bridgehead atoms. The molecule has 0 radical (unpaired) electrons. The Morgan fingerprint density at radius 1 is 1.33 bits per heavy atom. The molecule has 6 nitrogen and oxygen atoms in total. The Morgan fingerprint density at radius 3 is 2.72 bits per heavy atom. The molecule has 0 aliphatic rings. The summed E-state index contributed by atoms with van der Waals surface area (Å²) in [5, 5.41) is 9.26. The molecule has 0 saturated carbocycles. The smallest absolute Gasteiger partial charge is 0.358 e. The van der Waals surface area contributed by atoms with Crippen molar-refractivity contribution >= 4 is 22.8 Å². The second kappa shape index (κ2) is 4.79. The Labute approximate surface area is 102 Å². The second-order valence-corrected chi connectivity index (χ2v) is 3.55. The molecule has 18 heavy (non-hydrogen) atoms. The molecule has 0 aliphatic heterocycles. The van der Waals surface area contributed by atoms with Crippen molar-refractivity contribution in [1.29, 1.82) is 0 Å². The van der Waals surface area contributed by atoms with E-state index in [2.05, 4.69) is 9.72 Å². The van der Waals surface area contributed by atoms with Crippen molar-refractivity contribution in [3.8, 4) is 5.75 Å². The Balaban J connectivity index is 2.50. The van der Waals surface area contributed by atoms with Crippen LogP contribution in [0.5, 0.6) is 5.75 Å². The number of nitrogens with one attached hydrogen (secondary N) is 1. The first kappa shape index (κ1) is 12.0. The molecule has 94 valence electrons. The number of aliphatic carboxylic acids is 1. The maximum Gasteiger partial charge on any atom is 0.358 e. The molecule has 0 saturated heterocycles. The van der Waals surface area contributed by atoms with Crippen LogP contribution < -0.4 is 4.74 Å². The third-order valence-electron chi connectivity index (χ3n) is 2.39. The van der Waals surface area contributed by atoms with E-state index in [-0.39, 0.29) is 11.4 Å². The number of methoxy groups -OCH3 is 1. The summed E-state index contributed by atoms with van der Waals surface area (Å²) in [4.78, 5) is 24.9. The molecule has 1 heterocycles. The van der Waals surface area contributed by atoms with Crippen LogP contribution in [-0.2, 0) is 9.53 Å². The average Bonchev–Trinajstić information content (AvgIpc) is 2.74. The van der Waals surface area contributed by atoms with Gasteiger partial charge in [0, 0.05) is 10.9 Å². The van der Waals surface area contributed by atoms with E-state index < -0.39 is 18.5 Å². The van der Waals surface area contributed by atoms with E-state index in [1.165, 1.54) is 7.11 Å². The van der Waals surface area contributed by atoms with Crippen LogP contribution in [0.3, 0.4) is 0 Å². The second-order valence-electron chi connectivity index (χ2n) is 3.55. The van der Waals surface area contributed by atoms with Crippen LogP contribution in [0.1, 0.15) is 10.5 Å². The first-order chi connectivity index (χ1) is 8.63. The fourth-order valence-electron chi connectivity index (χ4n) is 1.65. The predicted molar refractivity (Wildman–Crippen MR) is 62.8 cm³/mol. The van der Waals surface area contributed by atoms with Crippen LogP contribution in [-0.4, -0.2) is 35.7 Å². The number of carbonyl (C=O) groups is 2. The molecule has 2 N–H and O–H groups in total. The van der Waals surface area contributed by atoms with E-state index >= 15 is 0 Å². The van der Waals surface area contributed by atoms with Gasteiger partial charge in [-0.05, 0) is 12.1 Å². The molecule has 2 rings (SSSR count). The summed E-state index contributed by atoms with van der Waals surface area (Å²) in [7, 11) is 1.24. The zero-order chi connectivity index (χ0) is 13.1. The zero-order valence-corrected chi connectivity index (χ0v) is 9.60. The van der Waals surface area contributed by atoms with Gasteiger partial charge in [0.25, 0.3) is 0 Å². The molecule has 0 fully saturated rings. The number of hydrogen-bond donors (Lipinski definition) is 2. The van der Waals surface area contributed by atoms with Crippen molar-refractivity contribution in [1.82, 2.24) is 4.98 Å². The summed E-state index contributed by atoms with van der Waals surface area (Å²) in [6.07, 6.45) is 0. The van der Waals surface area contributed by atoms with Crippen molar-refractivity contribution in [2.75, 3.05) is 13.7 Å². The average molecular weight is 249 g/mol. The molecule has 6 heteroatoms. The van der Waals surface area contributed by atoms with Crippen molar-refractivity contribution in [3.05, 3.63) is 30.0 Å². The van der Waals surface area contributed by atoms with Gasteiger partial charge < -0.3 is 19.6 Å². The maximum atomic E-state index is 11.6. The molecule has 1 aromatic carbocycles. The lowest BCUT2D eigenvalue weighted by molar-refractivity contribution is -0.139. The van der Waals surface area contributed by atoms with Crippen LogP contribution in [0.15, 0.2) is 24.3 Å². The molecule has 0 unspecified atom stereocenters. The van der Waals surface area contributed by atoms with E-state index in [0.29, 0.717) is 10.9 Å². The Bertz CT molecular complexity index is 602. The summed E-state index contributed by atoms with van der Waals surface area (Å²) in [6.45, 7) is -0.522. The van der Waals surface area contributed by atoms with Gasteiger partial charge in [0.1, 0.15) is 0 Å². The first-order valence-electron chi connectivity index (χ1n) is 5.17. The lowest BCUT2D eigenvalue weighted by atomic mass is 10.2. The molecular weight excluding hydrogens is 238 g/mol. The van der Waals surface area contributed by atoms with Gasteiger partial charge in [-0.2, -0.15) is 0 Å². The number of hydrogen-bond acceptors (Lipinski definition) is 4. The van der Waals surface area contributed by atoms with Gasteiger partial charge in [-0.25, -0.2) is 9.59 Å². The molecule has 0 spiro atoms. The summed E-state index contributed by atoms with van der Waals surface area (Å²) in [6, 6.07) is 7.05. The highest BCUT2D eigenvalue weighted by Crippen LogP contribution is 2.30. The van der Waals surface area contributed by atoms with Gasteiger partial charge in [-0.3, -0.25) is 0 Å². The lowest BCUT2D eigenvalue weighted by Gasteiger charge is -2.04. The topological polar surface area (TPSA) is 88.6 Å². The number of carboxylic acids is 1. The van der Waals surface area contributed by atoms with Gasteiger partial charge in [-0.15, -0.1) is 0 Å². The zero-order valence-electron chi connectivity index (χ0n) is 9.60. The molecule has 1 aromatic heterocycles. The number of esters is 1. The predicted octanol–water partition coefficient (Wildman–Crippen LogP) is 1.42. The minimum atomic E-state index is -1.11. The molecule has 0 amide bonds. The van der Waals surface area contributed by atoms with Crippen molar-refractivity contribution in [2.45, 2.75) is 0 Å². The number of carbonyl (C=O) groups excluding carboxylic acids is 1. The fourth-order valence-corrected chi connectivity index (χ4v) is 1.65. The Morgan fingerprint density at radius 2 is 2.06 bits per heavy atom. The summed E-state index contributed by atoms with van der Waals surface area (Å²) < 4.78 is 9.76. The quantitative estimate of drug-likeness (QED) is 0.800. The minimum Gasteiger partial charge on any atom is -0.479 e. The van der Waals surface area contributed by atoms with Crippen LogP contribution in [0.4, 0.5) is 0 Å². The number of aromatic amines is 1. The lowest BCUT2D eigenvalue weighted by Crippen LogP contribution is -2.12. The SMILES string of the molecule is COC(=O)c1[nH]c2ccccc2c1OCC(=O)O. The van der Waals surface area contributed by atoms with Crippen LogP contribution in [0, 0.1) is 0 Å². The number of carboxylic acid groups (broad SMARTS) is 1.